The largest absolute Gasteiger partial charge is 0.417 e. The summed E-state index contributed by atoms with van der Waals surface area (Å²) in [6.07, 6.45) is -3.41. The number of halogens is 4. The van der Waals surface area contributed by atoms with Gasteiger partial charge < -0.3 is 0 Å². The Morgan fingerprint density at radius 1 is 1.04 bits per heavy atom. The van der Waals surface area contributed by atoms with E-state index < -0.39 is 17.6 Å². The maximum absolute atomic E-state index is 13.5. The monoisotopic (exact) mass is 363 g/mol. The summed E-state index contributed by atoms with van der Waals surface area (Å²) < 4.78 is 54.9. The summed E-state index contributed by atoms with van der Waals surface area (Å²) >= 11 is 1.30. The highest BCUT2D eigenvalue weighted by molar-refractivity contribution is 7.13. The second-order valence-corrected chi connectivity index (χ2v) is 6.25. The molecule has 0 aliphatic rings. The molecule has 0 spiro atoms. The first-order valence-electron chi connectivity index (χ1n) is 7.19. The zero-order valence-electron chi connectivity index (χ0n) is 12.5. The Morgan fingerprint density at radius 2 is 1.80 bits per heavy atom. The Balaban J connectivity index is 2.01. The second-order valence-electron chi connectivity index (χ2n) is 5.30. The van der Waals surface area contributed by atoms with Crippen LogP contribution in [0.2, 0.25) is 0 Å². The molecule has 1 aromatic carbocycles. The summed E-state index contributed by atoms with van der Waals surface area (Å²) in [4.78, 5) is 4.99. The lowest BCUT2D eigenvalue weighted by atomic mass is 10.1. The van der Waals surface area contributed by atoms with E-state index in [0.717, 1.165) is 12.3 Å². The highest BCUT2D eigenvalue weighted by atomic mass is 32.1. The van der Waals surface area contributed by atoms with E-state index in [1.807, 2.05) is 0 Å². The van der Waals surface area contributed by atoms with Crippen molar-refractivity contribution in [3.05, 3.63) is 65.4 Å². The molecule has 25 heavy (non-hydrogen) atoms. The predicted molar refractivity (Wildman–Crippen MR) is 87.1 cm³/mol. The number of hydrogen-bond donors (Lipinski definition) is 0. The number of benzene rings is 1. The first-order valence-corrected chi connectivity index (χ1v) is 8.07. The van der Waals surface area contributed by atoms with Crippen LogP contribution in [0.3, 0.4) is 0 Å². The van der Waals surface area contributed by atoms with E-state index in [1.165, 1.54) is 40.3 Å². The normalized spacial score (nSPS) is 12.0. The van der Waals surface area contributed by atoms with Gasteiger partial charge in [-0.05, 0) is 41.8 Å². The zero-order chi connectivity index (χ0) is 17.6. The van der Waals surface area contributed by atoms with E-state index in [0.29, 0.717) is 10.6 Å². The second kappa shape index (κ2) is 5.66. The fourth-order valence-electron chi connectivity index (χ4n) is 2.56. The maximum Gasteiger partial charge on any atom is 0.417 e. The third kappa shape index (κ3) is 2.78. The smallest absolute Gasteiger partial charge is 0.227 e. The lowest BCUT2D eigenvalue weighted by molar-refractivity contribution is -0.136. The Labute approximate surface area is 143 Å². The molecule has 0 fully saturated rings. The molecule has 0 aliphatic heterocycles. The van der Waals surface area contributed by atoms with Crippen LogP contribution in [0.4, 0.5) is 17.6 Å². The van der Waals surface area contributed by atoms with Crippen molar-refractivity contribution in [1.29, 1.82) is 0 Å². The number of alkyl halides is 3. The SMILES string of the molecule is Fc1ccc(-n2ncc3c(C(F)(F)F)cc(-c4cccs4)nc32)cc1. The molecule has 4 rings (SSSR count). The third-order valence-corrected chi connectivity index (χ3v) is 4.58. The molecule has 0 atom stereocenters. The fourth-order valence-corrected chi connectivity index (χ4v) is 3.24. The maximum atomic E-state index is 13.5. The lowest BCUT2D eigenvalue weighted by Gasteiger charge is -2.10. The Morgan fingerprint density at radius 3 is 2.44 bits per heavy atom. The van der Waals surface area contributed by atoms with E-state index in [4.69, 9.17) is 0 Å². The standard InChI is InChI=1S/C17H9F4N3S/c18-10-3-5-11(6-4-10)24-16-12(9-22-24)13(17(19,20)21)8-14(23-16)15-2-1-7-25-15/h1-9H. The third-order valence-electron chi connectivity index (χ3n) is 3.69. The molecule has 0 N–H and O–H groups in total. The van der Waals surface area contributed by atoms with E-state index >= 15 is 0 Å². The van der Waals surface area contributed by atoms with Crippen molar-refractivity contribution in [3.8, 4) is 16.3 Å². The van der Waals surface area contributed by atoms with Gasteiger partial charge in [0.15, 0.2) is 5.65 Å². The molecule has 4 aromatic rings. The molecule has 0 saturated carbocycles. The van der Waals surface area contributed by atoms with Gasteiger partial charge >= 0.3 is 6.18 Å². The van der Waals surface area contributed by atoms with Crippen molar-refractivity contribution in [2.45, 2.75) is 6.18 Å². The summed E-state index contributed by atoms with van der Waals surface area (Å²) in [6, 6.07) is 9.80. The average Bonchev–Trinajstić information content (AvgIpc) is 3.23. The van der Waals surface area contributed by atoms with Crippen molar-refractivity contribution in [2.24, 2.45) is 0 Å². The summed E-state index contributed by atoms with van der Waals surface area (Å²) in [5, 5.41) is 5.70. The predicted octanol–water partition coefficient (Wildman–Crippen LogP) is 5.31. The molecule has 0 bridgehead atoms. The van der Waals surface area contributed by atoms with Gasteiger partial charge in [-0.15, -0.1) is 11.3 Å². The van der Waals surface area contributed by atoms with E-state index in [1.54, 1.807) is 17.5 Å². The van der Waals surface area contributed by atoms with Crippen LogP contribution >= 0.6 is 11.3 Å². The molecule has 126 valence electrons. The van der Waals surface area contributed by atoms with Gasteiger partial charge in [0.05, 0.1) is 33.4 Å². The minimum atomic E-state index is -4.54. The van der Waals surface area contributed by atoms with Crippen molar-refractivity contribution in [2.75, 3.05) is 0 Å². The van der Waals surface area contributed by atoms with Crippen molar-refractivity contribution in [3.63, 3.8) is 0 Å². The van der Waals surface area contributed by atoms with Crippen LogP contribution < -0.4 is 0 Å². The molecule has 3 nitrogen and oxygen atoms in total. The van der Waals surface area contributed by atoms with Gasteiger partial charge in [-0.1, -0.05) is 6.07 Å². The number of nitrogens with zero attached hydrogens (tertiary/aromatic N) is 3. The molecule has 8 heteroatoms. The van der Waals surface area contributed by atoms with Crippen LogP contribution in [0.15, 0.2) is 54.0 Å². The van der Waals surface area contributed by atoms with E-state index in [-0.39, 0.29) is 16.7 Å². The quantitative estimate of drug-likeness (QED) is 0.452. The molecule has 3 heterocycles. The highest BCUT2D eigenvalue weighted by Crippen LogP contribution is 2.37. The Kier molecular flexibility index (Phi) is 3.57. The van der Waals surface area contributed by atoms with Gasteiger partial charge in [-0.3, -0.25) is 0 Å². The van der Waals surface area contributed by atoms with Crippen LogP contribution in [-0.4, -0.2) is 14.8 Å². The van der Waals surface area contributed by atoms with Crippen LogP contribution in [0.25, 0.3) is 27.3 Å². The van der Waals surface area contributed by atoms with Crippen LogP contribution in [0.5, 0.6) is 0 Å². The fraction of sp³-hybridized carbons (Fsp3) is 0.0588. The number of thiophene rings is 1. The van der Waals surface area contributed by atoms with Gasteiger partial charge in [0.2, 0.25) is 0 Å². The number of hydrogen-bond acceptors (Lipinski definition) is 3. The van der Waals surface area contributed by atoms with Crippen molar-refractivity contribution in [1.82, 2.24) is 14.8 Å². The Bertz CT molecular complexity index is 1030. The van der Waals surface area contributed by atoms with Crippen LogP contribution in [0.1, 0.15) is 5.56 Å². The summed E-state index contributed by atoms with van der Waals surface area (Å²) in [6.45, 7) is 0. The number of pyridine rings is 1. The molecule has 0 unspecified atom stereocenters. The molecule has 0 aliphatic carbocycles. The van der Waals surface area contributed by atoms with Crippen molar-refractivity contribution >= 4 is 22.4 Å². The zero-order valence-corrected chi connectivity index (χ0v) is 13.3. The number of fused-ring (bicyclic) bond motifs is 1. The van der Waals surface area contributed by atoms with Gasteiger partial charge in [0.1, 0.15) is 5.82 Å². The molecular formula is C17H9F4N3S. The molecule has 3 aromatic heterocycles. The summed E-state index contributed by atoms with van der Waals surface area (Å²) in [5.41, 5.74) is -0.0712. The first kappa shape index (κ1) is 15.8. The minimum Gasteiger partial charge on any atom is -0.227 e. The van der Waals surface area contributed by atoms with Gasteiger partial charge in [0, 0.05) is 0 Å². The lowest BCUT2D eigenvalue weighted by Crippen LogP contribution is -2.07. The topological polar surface area (TPSA) is 30.7 Å². The van der Waals surface area contributed by atoms with Crippen molar-refractivity contribution < 1.29 is 17.6 Å². The molecule has 0 amide bonds. The summed E-state index contributed by atoms with van der Waals surface area (Å²) in [7, 11) is 0. The van der Waals surface area contributed by atoms with Gasteiger partial charge in [-0.25, -0.2) is 14.1 Å². The molecular weight excluding hydrogens is 354 g/mol. The highest BCUT2D eigenvalue weighted by Gasteiger charge is 2.34. The van der Waals surface area contributed by atoms with Gasteiger partial charge in [0.25, 0.3) is 0 Å². The first-order chi connectivity index (χ1) is 11.9. The number of rotatable bonds is 2. The molecule has 0 saturated heterocycles. The van der Waals surface area contributed by atoms with Gasteiger partial charge in [-0.2, -0.15) is 18.3 Å². The number of aromatic nitrogens is 3. The Hall–Kier alpha value is -2.74. The van der Waals surface area contributed by atoms with E-state index in [9.17, 15) is 17.6 Å². The minimum absolute atomic E-state index is 0.0739. The molecule has 0 radical (unpaired) electrons. The van der Waals surface area contributed by atoms with Crippen LogP contribution in [-0.2, 0) is 6.18 Å². The summed E-state index contributed by atoms with van der Waals surface area (Å²) in [5.74, 6) is -0.441. The average molecular weight is 363 g/mol. The van der Waals surface area contributed by atoms with E-state index in [2.05, 4.69) is 10.1 Å². The van der Waals surface area contributed by atoms with Crippen LogP contribution in [0, 0.1) is 5.82 Å².